The van der Waals surface area contributed by atoms with E-state index in [0.29, 0.717) is 22.4 Å². The van der Waals surface area contributed by atoms with Gasteiger partial charge in [0.05, 0.1) is 10.7 Å². The Labute approximate surface area is 69.0 Å². The second-order valence-corrected chi connectivity index (χ2v) is 2.56. The van der Waals surface area contributed by atoms with Crippen LogP contribution in [0.2, 0.25) is 10.2 Å². The van der Waals surface area contributed by atoms with Crippen molar-refractivity contribution in [2.45, 2.75) is 6.54 Å². The van der Waals surface area contributed by atoms with Crippen LogP contribution < -0.4 is 5.73 Å². The summed E-state index contributed by atoms with van der Waals surface area (Å²) in [6.45, 7) is 0.319. The number of hydrogen-bond donors (Lipinski definition) is 1. The minimum atomic E-state index is 0.319. The van der Waals surface area contributed by atoms with Gasteiger partial charge in [0.25, 0.3) is 0 Å². The molecular formula is C6H6Cl2N2. The van der Waals surface area contributed by atoms with Crippen LogP contribution in [0.25, 0.3) is 0 Å². The third kappa shape index (κ3) is 1.59. The zero-order chi connectivity index (χ0) is 7.56. The van der Waals surface area contributed by atoms with Gasteiger partial charge in [0.2, 0.25) is 0 Å². The lowest BCUT2D eigenvalue weighted by Gasteiger charge is -1.98. The van der Waals surface area contributed by atoms with Gasteiger partial charge in [-0.15, -0.1) is 0 Å². The number of halogens is 2. The molecule has 2 nitrogen and oxygen atoms in total. The zero-order valence-corrected chi connectivity index (χ0v) is 6.65. The van der Waals surface area contributed by atoms with E-state index in [2.05, 4.69) is 4.98 Å². The Morgan fingerprint density at radius 1 is 1.40 bits per heavy atom. The number of rotatable bonds is 1. The standard InChI is InChI=1S/C6H6Cl2N2/c7-4-1-2-6(8)10-5(4)3-9/h1-2H,3,9H2. The van der Waals surface area contributed by atoms with E-state index in [9.17, 15) is 0 Å². The first-order valence-corrected chi connectivity index (χ1v) is 3.50. The van der Waals surface area contributed by atoms with Gasteiger partial charge in [-0.25, -0.2) is 4.98 Å². The van der Waals surface area contributed by atoms with Crippen LogP contribution in [0.1, 0.15) is 5.69 Å². The number of hydrogen-bond acceptors (Lipinski definition) is 2. The van der Waals surface area contributed by atoms with Crippen LogP contribution in [0.3, 0.4) is 0 Å². The summed E-state index contributed by atoms with van der Waals surface area (Å²) >= 11 is 11.3. The van der Waals surface area contributed by atoms with Crippen molar-refractivity contribution in [2.24, 2.45) is 5.73 Å². The summed E-state index contributed by atoms with van der Waals surface area (Å²) in [5.41, 5.74) is 5.95. The largest absolute Gasteiger partial charge is 0.325 e. The Morgan fingerprint density at radius 3 is 2.60 bits per heavy atom. The highest BCUT2D eigenvalue weighted by Gasteiger charge is 1.98. The van der Waals surface area contributed by atoms with Gasteiger partial charge in [-0.2, -0.15) is 0 Å². The molecule has 0 saturated carbocycles. The van der Waals surface area contributed by atoms with Gasteiger partial charge in [0.1, 0.15) is 5.15 Å². The average molecular weight is 177 g/mol. The lowest BCUT2D eigenvalue weighted by Crippen LogP contribution is -1.99. The fraction of sp³-hybridized carbons (Fsp3) is 0.167. The summed E-state index contributed by atoms with van der Waals surface area (Å²) in [7, 11) is 0. The van der Waals surface area contributed by atoms with Crippen molar-refractivity contribution in [2.75, 3.05) is 0 Å². The number of pyridine rings is 1. The molecule has 0 spiro atoms. The maximum Gasteiger partial charge on any atom is 0.129 e. The summed E-state index contributed by atoms with van der Waals surface area (Å²) in [5, 5.41) is 0.983. The summed E-state index contributed by atoms with van der Waals surface area (Å²) in [6, 6.07) is 3.31. The van der Waals surface area contributed by atoms with Crippen LogP contribution in [0, 0.1) is 0 Å². The van der Waals surface area contributed by atoms with E-state index in [4.69, 9.17) is 28.9 Å². The van der Waals surface area contributed by atoms with Crippen molar-refractivity contribution in [1.29, 1.82) is 0 Å². The first kappa shape index (κ1) is 7.79. The Balaban J connectivity index is 3.09. The Hall–Kier alpha value is -0.310. The molecule has 1 heterocycles. The van der Waals surface area contributed by atoms with E-state index < -0.39 is 0 Å². The summed E-state index contributed by atoms with van der Waals surface area (Å²) in [6.07, 6.45) is 0. The molecule has 1 aromatic heterocycles. The molecule has 0 bridgehead atoms. The first-order chi connectivity index (χ1) is 4.74. The monoisotopic (exact) mass is 176 g/mol. The SMILES string of the molecule is NCc1nc(Cl)ccc1Cl. The molecule has 0 saturated heterocycles. The molecule has 1 aromatic rings. The quantitative estimate of drug-likeness (QED) is 0.664. The Bertz CT molecular complexity index is 237. The fourth-order valence-corrected chi connectivity index (χ4v) is 0.948. The fourth-order valence-electron chi connectivity index (χ4n) is 0.601. The van der Waals surface area contributed by atoms with E-state index in [1.54, 1.807) is 12.1 Å². The minimum absolute atomic E-state index is 0.319. The third-order valence-corrected chi connectivity index (χ3v) is 1.63. The molecule has 0 aliphatic rings. The van der Waals surface area contributed by atoms with E-state index in [0.717, 1.165) is 0 Å². The summed E-state index contributed by atoms with van der Waals surface area (Å²) < 4.78 is 0. The molecule has 1 rings (SSSR count). The van der Waals surface area contributed by atoms with Crippen LogP contribution in [0.15, 0.2) is 12.1 Å². The summed E-state index contributed by atoms with van der Waals surface area (Å²) in [4.78, 5) is 3.90. The topological polar surface area (TPSA) is 38.9 Å². The highest BCUT2D eigenvalue weighted by Crippen LogP contribution is 2.15. The minimum Gasteiger partial charge on any atom is -0.325 e. The van der Waals surface area contributed by atoms with Gasteiger partial charge in [0.15, 0.2) is 0 Å². The maximum atomic E-state index is 5.70. The van der Waals surface area contributed by atoms with E-state index in [1.807, 2.05) is 0 Å². The lowest BCUT2D eigenvalue weighted by atomic mass is 10.3. The molecule has 4 heteroatoms. The van der Waals surface area contributed by atoms with E-state index in [1.165, 1.54) is 0 Å². The van der Waals surface area contributed by atoms with E-state index >= 15 is 0 Å². The van der Waals surface area contributed by atoms with Crippen LogP contribution in [0.4, 0.5) is 0 Å². The van der Waals surface area contributed by atoms with Crippen molar-refractivity contribution in [3.05, 3.63) is 28.0 Å². The number of nitrogens with zero attached hydrogens (tertiary/aromatic N) is 1. The van der Waals surface area contributed by atoms with Crippen molar-refractivity contribution in [3.8, 4) is 0 Å². The molecule has 0 unspecified atom stereocenters. The van der Waals surface area contributed by atoms with Crippen LogP contribution in [0.5, 0.6) is 0 Å². The van der Waals surface area contributed by atoms with Crippen LogP contribution in [-0.2, 0) is 6.54 Å². The molecule has 54 valence electrons. The zero-order valence-electron chi connectivity index (χ0n) is 5.14. The van der Waals surface area contributed by atoms with Crippen molar-refractivity contribution >= 4 is 23.2 Å². The van der Waals surface area contributed by atoms with Gasteiger partial charge in [-0.1, -0.05) is 23.2 Å². The predicted molar refractivity (Wildman–Crippen MR) is 42.1 cm³/mol. The van der Waals surface area contributed by atoms with Crippen LogP contribution >= 0.6 is 23.2 Å². The van der Waals surface area contributed by atoms with Gasteiger partial charge in [-0.05, 0) is 12.1 Å². The smallest absolute Gasteiger partial charge is 0.129 e. The molecular weight excluding hydrogens is 171 g/mol. The molecule has 0 aromatic carbocycles. The normalized spacial score (nSPS) is 9.90. The second-order valence-electron chi connectivity index (χ2n) is 1.77. The number of aromatic nitrogens is 1. The van der Waals surface area contributed by atoms with Crippen molar-refractivity contribution < 1.29 is 0 Å². The second kappa shape index (κ2) is 3.19. The molecule has 0 atom stereocenters. The molecule has 2 N–H and O–H groups in total. The van der Waals surface area contributed by atoms with Crippen molar-refractivity contribution in [1.82, 2.24) is 4.98 Å². The highest BCUT2D eigenvalue weighted by atomic mass is 35.5. The van der Waals surface area contributed by atoms with Gasteiger partial charge < -0.3 is 5.73 Å². The van der Waals surface area contributed by atoms with Crippen molar-refractivity contribution in [3.63, 3.8) is 0 Å². The number of nitrogens with two attached hydrogens (primary N) is 1. The average Bonchev–Trinajstić information content (AvgIpc) is 1.94. The molecule has 0 fully saturated rings. The predicted octanol–water partition coefficient (Wildman–Crippen LogP) is 1.85. The lowest BCUT2D eigenvalue weighted by molar-refractivity contribution is 0.991. The molecule has 0 amide bonds. The highest BCUT2D eigenvalue weighted by molar-refractivity contribution is 6.32. The molecule has 0 aliphatic carbocycles. The first-order valence-electron chi connectivity index (χ1n) is 2.75. The molecule has 10 heavy (non-hydrogen) atoms. The molecule has 0 radical (unpaired) electrons. The van der Waals surface area contributed by atoms with E-state index in [-0.39, 0.29) is 0 Å². The van der Waals surface area contributed by atoms with Gasteiger partial charge in [-0.3, -0.25) is 0 Å². The molecule has 0 aliphatic heterocycles. The Kier molecular flexibility index (Phi) is 2.49. The maximum absolute atomic E-state index is 5.70. The third-order valence-electron chi connectivity index (χ3n) is 1.08. The Morgan fingerprint density at radius 2 is 2.10 bits per heavy atom. The van der Waals surface area contributed by atoms with Gasteiger partial charge in [0, 0.05) is 6.54 Å². The summed E-state index contributed by atoms with van der Waals surface area (Å²) in [5.74, 6) is 0. The van der Waals surface area contributed by atoms with Gasteiger partial charge >= 0.3 is 0 Å². The van der Waals surface area contributed by atoms with Crippen LogP contribution in [-0.4, -0.2) is 4.98 Å².